The Labute approximate surface area is 136 Å². The first kappa shape index (κ1) is 16.7. The fourth-order valence-corrected chi connectivity index (χ4v) is 2.04. The highest BCUT2D eigenvalue weighted by Gasteiger charge is 2.05. The van der Waals surface area contributed by atoms with E-state index >= 15 is 0 Å². The molecule has 2 rings (SSSR count). The van der Waals surface area contributed by atoms with Gasteiger partial charge in [0, 0.05) is 0 Å². The lowest BCUT2D eigenvalue weighted by atomic mass is 10.1. The molecule has 0 saturated heterocycles. The smallest absolute Gasteiger partial charge is 0.452 e. The van der Waals surface area contributed by atoms with E-state index in [1.54, 1.807) is 7.11 Å². The maximum Gasteiger partial charge on any atom is 0.452 e. The molecule has 2 aromatic rings. The number of ether oxygens (including phenoxy) is 2. The minimum atomic E-state index is -0.671. The normalized spacial score (nSPS) is 12.1. The van der Waals surface area contributed by atoms with E-state index < -0.39 is 6.09 Å². The van der Waals surface area contributed by atoms with Crippen LogP contribution in [-0.2, 0) is 17.8 Å². The predicted molar refractivity (Wildman–Crippen MR) is 87.6 cm³/mol. The Balaban J connectivity index is 1.77. The van der Waals surface area contributed by atoms with E-state index in [0.29, 0.717) is 6.42 Å². The number of methoxy groups -OCH3 is 1. The summed E-state index contributed by atoms with van der Waals surface area (Å²) in [5, 5.41) is 7.60. The maximum atomic E-state index is 11.6. The predicted octanol–water partition coefficient (Wildman–Crippen LogP) is 4.42. The van der Waals surface area contributed by atoms with Gasteiger partial charge in [-0.15, -0.1) is 0 Å². The first-order chi connectivity index (χ1) is 11.2. The highest BCUT2D eigenvalue weighted by molar-refractivity contribution is 5.67. The Morgan fingerprint density at radius 1 is 1.04 bits per heavy atom. The van der Waals surface area contributed by atoms with Crippen LogP contribution in [0.25, 0.3) is 0 Å². The third kappa shape index (κ3) is 5.90. The van der Waals surface area contributed by atoms with Gasteiger partial charge >= 0.3 is 6.09 Å². The van der Waals surface area contributed by atoms with Gasteiger partial charge in [0.05, 0.1) is 13.2 Å². The average molecular weight is 312 g/mol. The highest BCUT2D eigenvalue weighted by atomic mass is 16.5. The molecule has 5 nitrogen and oxygen atoms in total. The van der Waals surface area contributed by atoms with Crippen molar-refractivity contribution in [2.24, 2.45) is 10.2 Å². The molecular weight excluding hydrogens is 292 g/mol. The van der Waals surface area contributed by atoms with Crippen molar-refractivity contribution in [3.05, 3.63) is 65.7 Å². The van der Waals surface area contributed by atoms with Crippen LogP contribution >= 0.6 is 0 Å². The zero-order valence-electron chi connectivity index (χ0n) is 13.3. The minimum Gasteiger partial charge on any atom is -0.497 e. The van der Waals surface area contributed by atoms with E-state index in [1.807, 2.05) is 61.5 Å². The molecule has 0 fully saturated rings. The number of amides is 1. The van der Waals surface area contributed by atoms with Gasteiger partial charge in [0.15, 0.2) is 0 Å². The van der Waals surface area contributed by atoms with Crippen LogP contribution in [0.15, 0.2) is 64.8 Å². The van der Waals surface area contributed by atoms with Crippen molar-refractivity contribution in [3.63, 3.8) is 0 Å². The summed E-state index contributed by atoms with van der Waals surface area (Å²) in [6, 6.07) is 17.1. The van der Waals surface area contributed by atoms with E-state index in [-0.39, 0.29) is 12.6 Å². The number of rotatable bonds is 6. The molecule has 1 unspecified atom stereocenters. The largest absolute Gasteiger partial charge is 0.497 e. The number of benzene rings is 2. The van der Waals surface area contributed by atoms with Crippen LogP contribution < -0.4 is 4.74 Å². The number of nitrogens with zero attached hydrogens (tertiary/aromatic N) is 2. The van der Waals surface area contributed by atoms with Crippen molar-refractivity contribution in [2.75, 3.05) is 7.11 Å². The van der Waals surface area contributed by atoms with Gasteiger partial charge < -0.3 is 9.47 Å². The summed E-state index contributed by atoms with van der Waals surface area (Å²) < 4.78 is 10.2. The zero-order chi connectivity index (χ0) is 16.5. The fraction of sp³-hybridized carbons (Fsp3) is 0.278. The summed E-state index contributed by atoms with van der Waals surface area (Å²) >= 11 is 0. The molecular formula is C18H20N2O3. The summed E-state index contributed by atoms with van der Waals surface area (Å²) in [5.74, 6) is 0.813. The van der Waals surface area contributed by atoms with Crippen LogP contribution in [0.4, 0.5) is 4.79 Å². The lowest BCUT2D eigenvalue weighted by Gasteiger charge is -2.06. The van der Waals surface area contributed by atoms with Gasteiger partial charge in [-0.3, -0.25) is 0 Å². The van der Waals surface area contributed by atoms with Crippen molar-refractivity contribution >= 4 is 6.09 Å². The summed E-state index contributed by atoms with van der Waals surface area (Å²) in [7, 11) is 1.63. The molecule has 0 bridgehead atoms. The third-order valence-electron chi connectivity index (χ3n) is 3.23. The third-order valence-corrected chi connectivity index (χ3v) is 3.23. The first-order valence-electron chi connectivity index (χ1n) is 7.42. The van der Waals surface area contributed by atoms with Gasteiger partial charge in [0.25, 0.3) is 0 Å². The Morgan fingerprint density at radius 3 is 2.39 bits per heavy atom. The van der Waals surface area contributed by atoms with Crippen LogP contribution in [0.3, 0.4) is 0 Å². The van der Waals surface area contributed by atoms with Crippen LogP contribution in [-0.4, -0.2) is 19.2 Å². The molecule has 0 aliphatic carbocycles. The fourth-order valence-electron chi connectivity index (χ4n) is 2.04. The summed E-state index contributed by atoms with van der Waals surface area (Å²) in [6.07, 6.45) is 0.0230. The molecule has 5 heteroatoms. The molecule has 0 saturated carbocycles. The molecule has 0 heterocycles. The molecule has 120 valence electrons. The van der Waals surface area contributed by atoms with Crippen molar-refractivity contribution in [2.45, 2.75) is 26.0 Å². The second-order valence-corrected chi connectivity index (χ2v) is 5.16. The minimum absolute atomic E-state index is 0.104. The molecule has 0 radical (unpaired) electrons. The molecule has 2 aromatic carbocycles. The van der Waals surface area contributed by atoms with Crippen LogP contribution in [0, 0.1) is 0 Å². The molecule has 0 N–H and O–H groups in total. The van der Waals surface area contributed by atoms with Crippen LogP contribution in [0.5, 0.6) is 5.75 Å². The van der Waals surface area contributed by atoms with Crippen molar-refractivity contribution in [1.82, 2.24) is 0 Å². The van der Waals surface area contributed by atoms with E-state index in [2.05, 4.69) is 10.2 Å². The summed E-state index contributed by atoms with van der Waals surface area (Å²) in [4.78, 5) is 11.6. The lowest BCUT2D eigenvalue weighted by Crippen LogP contribution is -2.04. The van der Waals surface area contributed by atoms with Crippen molar-refractivity contribution in [3.8, 4) is 5.75 Å². The summed E-state index contributed by atoms with van der Waals surface area (Å²) in [5.41, 5.74) is 2.03. The van der Waals surface area contributed by atoms with Gasteiger partial charge in [-0.2, -0.15) is 5.11 Å². The van der Waals surface area contributed by atoms with Gasteiger partial charge in [-0.25, -0.2) is 4.79 Å². The SMILES string of the molecule is COc1ccc(CC(C)N=NC(=O)OCc2ccccc2)cc1. The number of hydrogen-bond donors (Lipinski definition) is 0. The molecule has 0 spiro atoms. The Kier molecular flexibility index (Phi) is 6.29. The van der Waals surface area contributed by atoms with Gasteiger partial charge in [0.1, 0.15) is 12.4 Å². The molecule has 0 aliphatic heterocycles. The van der Waals surface area contributed by atoms with Gasteiger partial charge in [-0.05, 0) is 36.6 Å². The zero-order valence-corrected chi connectivity index (χ0v) is 13.3. The van der Waals surface area contributed by atoms with E-state index in [0.717, 1.165) is 16.9 Å². The quantitative estimate of drug-likeness (QED) is 0.742. The van der Waals surface area contributed by atoms with Gasteiger partial charge in [0.2, 0.25) is 0 Å². The van der Waals surface area contributed by atoms with E-state index in [1.165, 1.54) is 0 Å². The monoisotopic (exact) mass is 312 g/mol. The Morgan fingerprint density at radius 2 is 1.74 bits per heavy atom. The summed E-state index contributed by atoms with van der Waals surface area (Å²) in [6.45, 7) is 2.10. The van der Waals surface area contributed by atoms with E-state index in [4.69, 9.17) is 9.47 Å². The highest BCUT2D eigenvalue weighted by Crippen LogP contribution is 2.13. The van der Waals surface area contributed by atoms with Crippen LogP contribution in [0.2, 0.25) is 0 Å². The Hall–Kier alpha value is -2.69. The molecule has 0 aliphatic rings. The van der Waals surface area contributed by atoms with Crippen molar-refractivity contribution < 1.29 is 14.3 Å². The first-order valence-corrected chi connectivity index (χ1v) is 7.42. The number of carbonyl (C=O) groups is 1. The second-order valence-electron chi connectivity index (χ2n) is 5.16. The second kappa shape index (κ2) is 8.68. The molecule has 23 heavy (non-hydrogen) atoms. The van der Waals surface area contributed by atoms with Gasteiger partial charge in [-0.1, -0.05) is 47.6 Å². The number of hydrogen-bond acceptors (Lipinski definition) is 4. The lowest BCUT2D eigenvalue weighted by molar-refractivity contribution is 0.148. The topological polar surface area (TPSA) is 60.2 Å². The molecule has 0 aromatic heterocycles. The molecule has 1 atom stereocenters. The maximum absolute atomic E-state index is 11.6. The number of carbonyl (C=O) groups excluding carboxylic acids is 1. The molecule has 1 amide bonds. The van der Waals surface area contributed by atoms with E-state index in [9.17, 15) is 4.79 Å². The number of azo groups is 1. The standard InChI is InChI=1S/C18H20N2O3/c1-14(12-15-8-10-17(22-2)11-9-15)19-20-18(21)23-13-16-6-4-3-5-7-16/h3-11,14H,12-13H2,1-2H3. The van der Waals surface area contributed by atoms with Crippen molar-refractivity contribution in [1.29, 1.82) is 0 Å². The Bertz CT molecular complexity index is 639. The van der Waals surface area contributed by atoms with Crippen LogP contribution in [0.1, 0.15) is 18.1 Å². The average Bonchev–Trinajstić information content (AvgIpc) is 2.60.